The lowest BCUT2D eigenvalue weighted by molar-refractivity contribution is -0.141. The summed E-state index contributed by atoms with van der Waals surface area (Å²) in [5.74, 6) is -0.514. The van der Waals surface area contributed by atoms with Crippen LogP contribution in [0.5, 0.6) is 0 Å². The van der Waals surface area contributed by atoms with Crippen molar-refractivity contribution in [3.8, 4) is 0 Å². The van der Waals surface area contributed by atoms with Crippen molar-refractivity contribution in [1.82, 2.24) is 20.4 Å². The van der Waals surface area contributed by atoms with Gasteiger partial charge in [-0.05, 0) is 7.05 Å². The zero-order chi connectivity index (χ0) is 62.6. The molecule has 0 rings (SSSR count). The Morgan fingerprint density at radius 1 is 0.333 bits per heavy atom. The highest BCUT2D eigenvalue weighted by Gasteiger charge is 2.35. The number of likely N-dealkylation sites (N-methyl/N-ethyl adjacent to an activating group) is 1. The quantitative estimate of drug-likeness (QED) is 0.0251. The van der Waals surface area contributed by atoms with Gasteiger partial charge in [0.1, 0.15) is 61.0 Å². The second-order valence-electron chi connectivity index (χ2n) is 18.8. The number of aliphatic hydroxyl groups excluding tert-OH is 15. The van der Waals surface area contributed by atoms with Gasteiger partial charge in [-0.2, -0.15) is 0 Å². The van der Waals surface area contributed by atoms with Crippen LogP contribution in [0.1, 0.15) is 12.8 Å². The van der Waals surface area contributed by atoms with Crippen molar-refractivity contribution in [3.63, 3.8) is 0 Å². The van der Waals surface area contributed by atoms with E-state index in [0.717, 1.165) is 0 Å². The highest BCUT2D eigenvalue weighted by atomic mass is 16.6. The summed E-state index contributed by atoms with van der Waals surface area (Å²) in [4.78, 5) is 27.3. The molecule has 33 heteroatoms. The van der Waals surface area contributed by atoms with Crippen molar-refractivity contribution in [2.45, 2.75) is 86.1 Å². The monoisotopic (exact) mass is 1240 g/mol. The third kappa shape index (κ3) is 43.4. The van der Waals surface area contributed by atoms with E-state index in [2.05, 4.69) is 10.6 Å². The molecule has 0 aliphatic heterocycles. The average Bonchev–Trinajstić information content (AvgIpc) is 3.63. The molecular weight excluding hydrogens is 1130 g/mol. The van der Waals surface area contributed by atoms with Gasteiger partial charge in [0.05, 0.1) is 197 Å². The first-order valence-electron chi connectivity index (χ1n) is 28.3. The Morgan fingerprint density at radius 2 is 0.595 bits per heavy atom. The summed E-state index contributed by atoms with van der Waals surface area (Å²) in [5, 5.41) is 154. The van der Waals surface area contributed by atoms with E-state index >= 15 is 0 Å². The summed E-state index contributed by atoms with van der Waals surface area (Å²) in [6.07, 6.45) is -21.5. The van der Waals surface area contributed by atoms with Gasteiger partial charge in [-0.1, -0.05) is 0 Å². The molecule has 0 aliphatic rings. The largest absolute Gasteiger partial charge is 0.394 e. The number of carbonyl (C=O) groups excluding carboxylic acids is 2. The van der Waals surface area contributed by atoms with E-state index in [0.29, 0.717) is 79.0 Å². The maximum Gasteiger partial charge on any atom is 0.225 e. The molecule has 17 N–H and O–H groups in total. The molecule has 0 aromatic heterocycles. The molecule has 0 bridgehead atoms. The number of ether oxygens (including phenoxy) is 12. The molecule has 33 nitrogen and oxygen atoms in total. The summed E-state index contributed by atoms with van der Waals surface area (Å²) in [6.45, 7) is 3.21. The van der Waals surface area contributed by atoms with E-state index in [9.17, 15) is 70.9 Å². The Hall–Kier alpha value is -2.22. The van der Waals surface area contributed by atoms with Gasteiger partial charge in [0.2, 0.25) is 11.8 Å². The fourth-order valence-electron chi connectivity index (χ4n) is 7.01. The van der Waals surface area contributed by atoms with E-state index in [1.54, 1.807) is 0 Å². The number of nitrogens with zero attached hydrogens (tertiary/aromatic N) is 2. The molecule has 0 spiro atoms. The van der Waals surface area contributed by atoms with Crippen LogP contribution in [0.4, 0.5) is 0 Å². The van der Waals surface area contributed by atoms with Gasteiger partial charge in [0.15, 0.2) is 0 Å². The molecule has 84 heavy (non-hydrogen) atoms. The fraction of sp³-hybridized carbons (Fsp3) is 0.961. The van der Waals surface area contributed by atoms with Crippen LogP contribution in [0.25, 0.3) is 0 Å². The molecule has 0 unspecified atom stereocenters. The Labute approximate surface area is 491 Å². The maximum atomic E-state index is 13.1. The minimum absolute atomic E-state index is 0.000853. The average molecular weight is 1240 g/mol. The summed E-state index contributed by atoms with van der Waals surface area (Å²) < 4.78 is 65.9. The summed E-state index contributed by atoms with van der Waals surface area (Å²) in [6, 6.07) is 0. The summed E-state index contributed by atoms with van der Waals surface area (Å²) in [7, 11) is 1.81. The first-order valence-corrected chi connectivity index (χ1v) is 28.3. The lowest BCUT2D eigenvalue weighted by Gasteiger charge is -2.33. The van der Waals surface area contributed by atoms with Crippen LogP contribution >= 0.6 is 0 Å². The Bertz CT molecular complexity index is 1450. The Balaban J connectivity index is 4.28. The standard InChI is InChI=1S/C51H104N4O29/c1-52-4-5-53-44(65)2-8-73-12-16-77-20-24-81-28-31-84-27-23-80-19-15-76-11-7-55(34-40(61)48(69)51(72)43(64)37-58)45(66)3-9-74-13-17-78-21-25-82-29-30-83-26-22-79-18-14-75-10-6-54(32-38(59)46(67)49(70)41(62)35-56)33-39(60)47(68)50(71)42(63)36-57/h38-43,46-52,56-64,67-72H,2-37H2,1H3,(H,53,65)/t38-,39-,40-,41+,42+,43+,46+,47+,48+,49+,50+,51+/m0/s1. The van der Waals surface area contributed by atoms with Crippen molar-refractivity contribution in [2.75, 3.05) is 231 Å². The minimum Gasteiger partial charge on any atom is -0.394 e. The van der Waals surface area contributed by atoms with Gasteiger partial charge in [-0.15, -0.1) is 0 Å². The number of aliphatic hydroxyl groups is 15. The van der Waals surface area contributed by atoms with Gasteiger partial charge < -0.3 is 149 Å². The van der Waals surface area contributed by atoms with Gasteiger partial charge >= 0.3 is 0 Å². The van der Waals surface area contributed by atoms with Gasteiger partial charge in [0.25, 0.3) is 0 Å². The SMILES string of the molecule is CNCCNC(=O)CCOCCOCCOCCOCCOCCOCCN(C[C@H](O)[C@@H](O)[C@H](O)[C@H](O)CO)C(=O)CCOCCOCCOCCOCCOCCOCCN(C[C@H](O)[C@@H](O)[C@H](O)[C@H](O)CO)C[C@H](O)[C@@H](O)[C@H](O)[C@H](O)CO. The zero-order valence-electron chi connectivity index (χ0n) is 48.7. The third-order valence-electron chi connectivity index (χ3n) is 12.0. The topological polar surface area (TPSA) is 479 Å². The predicted molar refractivity (Wildman–Crippen MR) is 292 cm³/mol. The molecule has 0 saturated carbocycles. The number of hydrogen-bond acceptors (Lipinski definition) is 31. The molecule has 0 aromatic carbocycles. The first kappa shape index (κ1) is 81.8. The predicted octanol–water partition coefficient (Wildman–Crippen LogP) is -10.3. The summed E-state index contributed by atoms with van der Waals surface area (Å²) in [5.41, 5.74) is 0. The highest BCUT2D eigenvalue weighted by molar-refractivity contribution is 5.76. The lowest BCUT2D eigenvalue weighted by Crippen LogP contribution is -2.53. The maximum absolute atomic E-state index is 13.1. The minimum atomic E-state index is -1.91. The van der Waals surface area contributed by atoms with Crippen LogP contribution in [0.3, 0.4) is 0 Å². The van der Waals surface area contributed by atoms with Crippen molar-refractivity contribution in [3.05, 3.63) is 0 Å². The van der Waals surface area contributed by atoms with E-state index in [1.165, 1.54) is 9.80 Å². The van der Waals surface area contributed by atoms with Crippen molar-refractivity contribution < 1.29 is 143 Å². The number of rotatable bonds is 63. The Kier molecular flexibility index (Phi) is 54.6. The number of hydrogen-bond donors (Lipinski definition) is 17. The summed E-state index contributed by atoms with van der Waals surface area (Å²) >= 11 is 0. The van der Waals surface area contributed by atoms with Crippen LogP contribution < -0.4 is 10.6 Å². The molecular formula is C51H104N4O29. The number of amides is 2. The Morgan fingerprint density at radius 3 is 0.905 bits per heavy atom. The second-order valence-corrected chi connectivity index (χ2v) is 18.8. The lowest BCUT2D eigenvalue weighted by atomic mass is 10.0. The third-order valence-corrected chi connectivity index (χ3v) is 12.0. The normalized spacial score (nSPS) is 16.4. The van der Waals surface area contributed by atoms with Gasteiger partial charge in [-0.25, -0.2) is 0 Å². The van der Waals surface area contributed by atoms with Crippen molar-refractivity contribution in [1.29, 1.82) is 0 Å². The van der Waals surface area contributed by atoms with Crippen LogP contribution in [0.2, 0.25) is 0 Å². The van der Waals surface area contributed by atoms with E-state index in [1.807, 2.05) is 7.05 Å². The van der Waals surface area contributed by atoms with Crippen molar-refractivity contribution in [2.24, 2.45) is 0 Å². The fourth-order valence-corrected chi connectivity index (χ4v) is 7.01. The zero-order valence-corrected chi connectivity index (χ0v) is 48.7. The molecule has 12 atom stereocenters. The van der Waals surface area contributed by atoms with E-state index in [4.69, 9.17) is 72.2 Å². The smallest absolute Gasteiger partial charge is 0.225 e. The van der Waals surface area contributed by atoms with Gasteiger partial charge in [-0.3, -0.25) is 14.5 Å². The van der Waals surface area contributed by atoms with Crippen LogP contribution in [-0.2, 0) is 66.4 Å². The molecule has 0 saturated heterocycles. The van der Waals surface area contributed by atoms with Crippen LogP contribution in [0.15, 0.2) is 0 Å². The molecule has 0 fully saturated rings. The van der Waals surface area contributed by atoms with E-state index < -0.39 is 119 Å². The van der Waals surface area contributed by atoms with E-state index in [-0.39, 0.29) is 125 Å². The molecule has 0 aliphatic carbocycles. The van der Waals surface area contributed by atoms with Crippen LogP contribution in [0, 0.1) is 0 Å². The molecule has 502 valence electrons. The number of carbonyl (C=O) groups is 2. The molecule has 0 radical (unpaired) electrons. The second kappa shape index (κ2) is 56.0. The highest BCUT2D eigenvalue weighted by Crippen LogP contribution is 2.12. The van der Waals surface area contributed by atoms with Crippen molar-refractivity contribution >= 4 is 11.8 Å². The van der Waals surface area contributed by atoms with Crippen LogP contribution in [-0.4, -0.2) is 403 Å². The van der Waals surface area contributed by atoms with Gasteiger partial charge in [0, 0.05) is 52.2 Å². The molecule has 0 heterocycles. The first-order chi connectivity index (χ1) is 40.5. The molecule has 0 aromatic rings. The molecule has 2 amide bonds. The number of nitrogens with one attached hydrogen (secondary N) is 2.